The van der Waals surface area contributed by atoms with Gasteiger partial charge in [0.2, 0.25) is 11.1 Å². The van der Waals surface area contributed by atoms with Gasteiger partial charge in [0.15, 0.2) is 0 Å². The molecule has 1 heterocycles. The Labute approximate surface area is 171 Å². The molecule has 150 valence electrons. The summed E-state index contributed by atoms with van der Waals surface area (Å²) in [4.78, 5) is 23.6. The smallest absolute Gasteiger partial charge is 0.337 e. The van der Waals surface area contributed by atoms with E-state index in [1.807, 2.05) is 24.3 Å². The van der Waals surface area contributed by atoms with Gasteiger partial charge in [-0.1, -0.05) is 23.9 Å². The first-order chi connectivity index (χ1) is 14.1. The molecule has 10 heteroatoms. The molecule has 0 aliphatic carbocycles. The quantitative estimate of drug-likeness (QED) is 0.440. The van der Waals surface area contributed by atoms with Gasteiger partial charge in [-0.2, -0.15) is 4.68 Å². The number of ether oxygens (including phenoxy) is 2. The molecule has 0 saturated carbocycles. The van der Waals surface area contributed by atoms with Crippen LogP contribution in [0.3, 0.4) is 0 Å². The Kier molecular flexibility index (Phi) is 6.80. The van der Waals surface area contributed by atoms with Crippen LogP contribution in [-0.4, -0.2) is 52.1 Å². The molecule has 1 N–H and O–H groups in total. The van der Waals surface area contributed by atoms with Crippen LogP contribution in [0.1, 0.15) is 15.9 Å². The standard InChI is InChI=1S/C19H19N5O4S/c1-27-16-9-7-15(8-10-16)24-19(21-22-23-24)29-12-17(25)20-11-13-3-5-14(6-4-13)18(26)28-2/h3-10H,11-12H2,1-2H3,(H,20,25). The SMILES string of the molecule is COC(=O)c1ccc(CNC(=O)CSc2nnnn2-c2ccc(OC)cc2)cc1. The number of methoxy groups -OCH3 is 2. The third-order valence-electron chi connectivity index (χ3n) is 3.95. The Morgan fingerprint density at radius 1 is 1.07 bits per heavy atom. The number of hydrogen-bond acceptors (Lipinski definition) is 8. The lowest BCUT2D eigenvalue weighted by atomic mass is 10.1. The maximum Gasteiger partial charge on any atom is 0.337 e. The molecule has 29 heavy (non-hydrogen) atoms. The summed E-state index contributed by atoms with van der Waals surface area (Å²) < 4.78 is 11.4. The van der Waals surface area contributed by atoms with E-state index in [9.17, 15) is 9.59 Å². The van der Waals surface area contributed by atoms with Crippen molar-refractivity contribution in [3.05, 3.63) is 59.7 Å². The maximum atomic E-state index is 12.2. The highest BCUT2D eigenvalue weighted by atomic mass is 32.2. The molecule has 0 atom stereocenters. The Bertz CT molecular complexity index is 973. The molecule has 3 aromatic rings. The van der Waals surface area contributed by atoms with E-state index >= 15 is 0 Å². The summed E-state index contributed by atoms with van der Waals surface area (Å²) in [5.41, 5.74) is 2.10. The second-order valence-electron chi connectivity index (χ2n) is 5.83. The van der Waals surface area contributed by atoms with Crippen molar-refractivity contribution < 1.29 is 19.1 Å². The van der Waals surface area contributed by atoms with E-state index < -0.39 is 5.97 Å². The minimum atomic E-state index is -0.397. The highest BCUT2D eigenvalue weighted by Gasteiger charge is 2.12. The molecule has 9 nitrogen and oxygen atoms in total. The summed E-state index contributed by atoms with van der Waals surface area (Å²) in [5, 5.41) is 15.0. The van der Waals surface area contributed by atoms with Gasteiger partial charge < -0.3 is 14.8 Å². The van der Waals surface area contributed by atoms with Gasteiger partial charge in [-0.3, -0.25) is 4.79 Å². The van der Waals surface area contributed by atoms with Crippen molar-refractivity contribution in [3.63, 3.8) is 0 Å². The van der Waals surface area contributed by atoms with Gasteiger partial charge in [0.25, 0.3) is 0 Å². The van der Waals surface area contributed by atoms with Crippen molar-refractivity contribution in [2.75, 3.05) is 20.0 Å². The number of benzene rings is 2. The number of thioether (sulfide) groups is 1. The predicted molar refractivity (Wildman–Crippen MR) is 106 cm³/mol. The van der Waals surface area contributed by atoms with Gasteiger partial charge >= 0.3 is 5.97 Å². The van der Waals surface area contributed by atoms with E-state index in [1.54, 1.807) is 36.1 Å². The van der Waals surface area contributed by atoms with E-state index in [1.165, 1.54) is 18.9 Å². The molecule has 0 spiro atoms. The average molecular weight is 413 g/mol. The van der Waals surface area contributed by atoms with Gasteiger partial charge in [0, 0.05) is 6.54 Å². The number of amides is 1. The zero-order valence-electron chi connectivity index (χ0n) is 15.9. The van der Waals surface area contributed by atoms with Crippen LogP contribution in [0.2, 0.25) is 0 Å². The van der Waals surface area contributed by atoms with Gasteiger partial charge in [0.1, 0.15) is 5.75 Å². The number of carbonyl (C=O) groups is 2. The number of nitrogens with zero attached hydrogens (tertiary/aromatic N) is 4. The van der Waals surface area contributed by atoms with Crippen LogP contribution < -0.4 is 10.1 Å². The zero-order valence-corrected chi connectivity index (χ0v) is 16.7. The molecule has 0 fully saturated rings. The number of carbonyl (C=O) groups excluding carboxylic acids is 2. The second-order valence-corrected chi connectivity index (χ2v) is 6.77. The third-order valence-corrected chi connectivity index (χ3v) is 4.87. The van der Waals surface area contributed by atoms with Gasteiger partial charge in [-0.05, 0) is 52.4 Å². The van der Waals surface area contributed by atoms with Crippen LogP contribution in [0.25, 0.3) is 5.69 Å². The minimum absolute atomic E-state index is 0.156. The highest BCUT2D eigenvalue weighted by Crippen LogP contribution is 2.20. The summed E-state index contributed by atoms with van der Waals surface area (Å²) in [6.07, 6.45) is 0. The van der Waals surface area contributed by atoms with Gasteiger partial charge in [-0.15, -0.1) is 5.10 Å². The topological polar surface area (TPSA) is 108 Å². The van der Waals surface area contributed by atoms with Crippen LogP contribution in [-0.2, 0) is 16.1 Å². The molecule has 0 aliphatic rings. The first kappa shape index (κ1) is 20.3. The van der Waals surface area contributed by atoms with Gasteiger partial charge in [-0.25, -0.2) is 4.79 Å². The summed E-state index contributed by atoms with van der Waals surface area (Å²) >= 11 is 1.23. The van der Waals surface area contributed by atoms with Crippen molar-refractivity contribution in [3.8, 4) is 11.4 Å². The van der Waals surface area contributed by atoms with Crippen LogP contribution >= 0.6 is 11.8 Å². The largest absolute Gasteiger partial charge is 0.497 e. The van der Waals surface area contributed by atoms with Crippen molar-refractivity contribution >= 4 is 23.6 Å². The fraction of sp³-hybridized carbons (Fsp3) is 0.211. The molecule has 3 rings (SSSR count). The lowest BCUT2D eigenvalue weighted by Gasteiger charge is -2.07. The highest BCUT2D eigenvalue weighted by molar-refractivity contribution is 7.99. The number of esters is 1. The van der Waals surface area contributed by atoms with E-state index in [2.05, 4.69) is 25.6 Å². The molecular formula is C19H19N5O4S. The van der Waals surface area contributed by atoms with E-state index in [0.29, 0.717) is 17.3 Å². The lowest BCUT2D eigenvalue weighted by molar-refractivity contribution is -0.118. The maximum absolute atomic E-state index is 12.2. The molecule has 2 aromatic carbocycles. The Hall–Kier alpha value is -3.40. The first-order valence-electron chi connectivity index (χ1n) is 8.60. The van der Waals surface area contributed by atoms with E-state index in [4.69, 9.17) is 4.74 Å². The fourth-order valence-corrected chi connectivity index (χ4v) is 3.13. The first-order valence-corrected chi connectivity index (χ1v) is 9.59. The summed E-state index contributed by atoms with van der Waals surface area (Å²) in [6.45, 7) is 0.351. The van der Waals surface area contributed by atoms with E-state index in [-0.39, 0.29) is 11.7 Å². The van der Waals surface area contributed by atoms with Crippen LogP contribution in [0.5, 0.6) is 5.75 Å². The van der Waals surface area contributed by atoms with Crippen LogP contribution in [0.15, 0.2) is 53.7 Å². The second kappa shape index (κ2) is 9.69. The monoisotopic (exact) mass is 413 g/mol. The minimum Gasteiger partial charge on any atom is -0.497 e. The van der Waals surface area contributed by atoms with Crippen LogP contribution in [0.4, 0.5) is 0 Å². The fourth-order valence-electron chi connectivity index (χ4n) is 2.41. The van der Waals surface area contributed by atoms with E-state index in [0.717, 1.165) is 17.0 Å². The Balaban J connectivity index is 1.52. The number of aromatic nitrogens is 4. The van der Waals surface area contributed by atoms with Gasteiger partial charge in [0.05, 0.1) is 31.2 Å². The van der Waals surface area contributed by atoms with Crippen molar-refractivity contribution in [1.82, 2.24) is 25.5 Å². The molecule has 0 aliphatic heterocycles. The molecular weight excluding hydrogens is 394 g/mol. The van der Waals surface area contributed by atoms with Crippen LogP contribution in [0, 0.1) is 0 Å². The normalized spacial score (nSPS) is 10.4. The molecule has 0 bridgehead atoms. The number of rotatable bonds is 8. The molecule has 0 unspecified atom stereocenters. The molecule has 0 saturated heterocycles. The number of nitrogens with one attached hydrogen (secondary N) is 1. The lowest BCUT2D eigenvalue weighted by Crippen LogP contribution is -2.24. The Morgan fingerprint density at radius 2 is 1.79 bits per heavy atom. The number of tetrazole rings is 1. The summed E-state index contributed by atoms with van der Waals surface area (Å²) in [6, 6.07) is 14.1. The van der Waals surface area contributed by atoms with Crippen molar-refractivity contribution in [2.45, 2.75) is 11.7 Å². The third kappa shape index (κ3) is 5.32. The van der Waals surface area contributed by atoms with Crippen molar-refractivity contribution in [1.29, 1.82) is 0 Å². The zero-order chi connectivity index (χ0) is 20.6. The summed E-state index contributed by atoms with van der Waals surface area (Å²) in [5.74, 6) is 0.342. The molecule has 0 radical (unpaired) electrons. The average Bonchev–Trinajstić information content (AvgIpc) is 3.24. The number of hydrogen-bond donors (Lipinski definition) is 1. The van der Waals surface area contributed by atoms with Crippen molar-refractivity contribution in [2.24, 2.45) is 0 Å². The summed E-state index contributed by atoms with van der Waals surface area (Å²) in [7, 11) is 2.93. The molecule has 1 aromatic heterocycles. The predicted octanol–water partition coefficient (Wildman–Crippen LogP) is 1.87. The Morgan fingerprint density at radius 3 is 2.45 bits per heavy atom. The molecule has 1 amide bonds.